The van der Waals surface area contributed by atoms with Gasteiger partial charge in [0.2, 0.25) is 0 Å². The Morgan fingerprint density at radius 3 is 2.47 bits per heavy atom. The van der Waals surface area contributed by atoms with E-state index in [1.165, 1.54) is 77.4 Å². The number of rotatable bonds is 10. The van der Waals surface area contributed by atoms with Crippen molar-refractivity contribution >= 4 is 12.0 Å². The molecule has 4 aliphatic rings. The van der Waals surface area contributed by atoms with Gasteiger partial charge < -0.3 is 14.6 Å². The molecule has 1 aromatic carbocycles. The molecule has 5 unspecified atom stereocenters. The Labute approximate surface area is 262 Å². The van der Waals surface area contributed by atoms with Crippen molar-refractivity contribution in [2.24, 2.45) is 58.2 Å². The summed E-state index contributed by atoms with van der Waals surface area (Å²) in [4.78, 5) is 12.8. The lowest BCUT2D eigenvalue weighted by atomic mass is 9.44. The molecule has 4 aliphatic carbocycles. The Kier molecular flexibility index (Phi) is 9.94. The monoisotopic (exact) mass is 592 g/mol. The number of phenolic OH excluding ortho intramolecular Hbond substituents is 1. The second-order valence-electron chi connectivity index (χ2n) is 16.0. The van der Waals surface area contributed by atoms with Gasteiger partial charge in [-0.1, -0.05) is 60.5 Å². The van der Waals surface area contributed by atoms with E-state index in [2.05, 4.69) is 41.5 Å². The minimum absolute atomic E-state index is 0.0180. The zero-order chi connectivity index (χ0) is 30.9. The fourth-order valence-electron chi connectivity index (χ4n) is 11.2. The molecule has 4 fully saturated rings. The zero-order valence-corrected chi connectivity index (χ0v) is 28.2. The van der Waals surface area contributed by atoms with E-state index in [0.29, 0.717) is 22.5 Å². The summed E-state index contributed by atoms with van der Waals surface area (Å²) in [5.41, 5.74) is 1.72. The molecule has 0 heterocycles. The van der Waals surface area contributed by atoms with Gasteiger partial charge in [-0.25, -0.2) is 4.79 Å². The first-order valence-electron chi connectivity index (χ1n) is 17.8. The summed E-state index contributed by atoms with van der Waals surface area (Å²) in [5.74, 6) is 6.95. The van der Waals surface area contributed by atoms with Gasteiger partial charge in [0.1, 0.15) is 6.10 Å². The summed E-state index contributed by atoms with van der Waals surface area (Å²) in [7, 11) is 1.52. The minimum atomic E-state index is -0.271. The van der Waals surface area contributed by atoms with Crippen LogP contribution in [-0.4, -0.2) is 24.3 Å². The number of fused-ring (bicyclic) bond motifs is 5. The first-order chi connectivity index (χ1) is 20.5. The quantitative estimate of drug-likeness (QED) is 0.217. The van der Waals surface area contributed by atoms with Gasteiger partial charge in [0.15, 0.2) is 11.5 Å². The second-order valence-corrected chi connectivity index (χ2v) is 16.0. The summed E-state index contributed by atoms with van der Waals surface area (Å²) in [6.07, 6.45) is 19.0. The van der Waals surface area contributed by atoms with Gasteiger partial charge in [-0.15, -0.1) is 0 Å². The highest BCUT2D eigenvalue weighted by Gasteiger charge is 2.60. The number of carbonyl (C=O) groups is 1. The highest BCUT2D eigenvalue weighted by molar-refractivity contribution is 5.87. The number of esters is 1. The van der Waals surface area contributed by atoms with E-state index in [4.69, 9.17) is 9.47 Å². The smallest absolute Gasteiger partial charge is 0.331 e. The summed E-state index contributed by atoms with van der Waals surface area (Å²) >= 11 is 0. The summed E-state index contributed by atoms with van der Waals surface area (Å²) < 4.78 is 11.2. The molecule has 0 aromatic heterocycles. The minimum Gasteiger partial charge on any atom is -0.504 e. The Morgan fingerprint density at radius 1 is 1.00 bits per heavy atom. The number of hydrogen-bond acceptors (Lipinski definition) is 4. The Hall–Kier alpha value is -1.97. The third-order valence-corrected chi connectivity index (χ3v) is 13.7. The van der Waals surface area contributed by atoms with Crippen LogP contribution >= 0.6 is 0 Å². The van der Waals surface area contributed by atoms with Crippen molar-refractivity contribution in [1.82, 2.24) is 0 Å². The maximum atomic E-state index is 12.8. The first-order valence-corrected chi connectivity index (χ1v) is 17.8. The molecular formula is C39H60O4. The van der Waals surface area contributed by atoms with E-state index in [1.807, 2.05) is 0 Å². The van der Waals surface area contributed by atoms with Crippen LogP contribution in [0.15, 0.2) is 24.3 Å². The molecule has 1 aromatic rings. The Balaban J connectivity index is 1.17. The van der Waals surface area contributed by atoms with Crippen LogP contribution in [0.1, 0.15) is 124 Å². The molecule has 0 bridgehead atoms. The molecule has 43 heavy (non-hydrogen) atoms. The van der Waals surface area contributed by atoms with Crippen LogP contribution in [-0.2, 0) is 9.53 Å². The predicted molar refractivity (Wildman–Crippen MR) is 176 cm³/mol. The zero-order valence-electron chi connectivity index (χ0n) is 28.2. The lowest BCUT2D eigenvalue weighted by Gasteiger charge is -2.61. The summed E-state index contributed by atoms with van der Waals surface area (Å²) in [5, 5.41) is 9.83. The van der Waals surface area contributed by atoms with Crippen LogP contribution in [0, 0.1) is 58.2 Å². The van der Waals surface area contributed by atoms with Gasteiger partial charge in [0.05, 0.1) is 7.11 Å². The number of aromatic hydroxyl groups is 1. The third-order valence-electron chi connectivity index (χ3n) is 13.7. The molecule has 4 nitrogen and oxygen atoms in total. The number of benzene rings is 1. The van der Waals surface area contributed by atoms with Crippen molar-refractivity contribution < 1.29 is 19.4 Å². The van der Waals surface area contributed by atoms with Gasteiger partial charge in [0, 0.05) is 6.08 Å². The maximum Gasteiger partial charge on any atom is 0.331 e. The van der Waals surface area contributed by atoms with Crippen LogP contribution in [0.2, 0.25) is 0 Å². The Morgan fingerprint density at radius 2 is 1.74 bits per heavy atom. The molecular weight excluding hydrogens is 532 g/mol. The van der Waals surface area contributed by atoms with Crippen molar-refractivity contribution in [3.8, 4) is 11.5 Å². The van der Waals surface area contributed by atoms with Crippen LogP contribution < -0.4 is 4.74 Å². The van der Waals surface area contributed by atoms with Crippen molar-refractivity contribution in [2.45, 2.75) is 125 Å². The molecule has 0 spiro atoms. The highest BCUT2D eigenvalue weighted by Crippen LogP contribution is 2.68. The van der Waals surface area contributed by atoms with Crippen molar-refractivity contribution in [3.05, 3.63) is 29.8 Å². The normalized spacial score (nSPS) is 36.9. The first kappa shape index (κ1) is 32.4. The van der Waals surface area contributed by atoms with Crippen molar-refractivity contribution in [2.75, 3.05) is 7.11 Å². The fraction of sp³-hybridized carbons (Fsp3) is 0.769. The van der Waals surface area contributed by atoms with Gasteiger partial charge in [0.25, 0.3) is 0 Å². The van der Waals surface area contributed by atoms with Gasteiger partial charge >= 0.3 is 5.97 Å². The second kappa shape index (κ2) is 13.2. The standard InChI is InChI=1S/C39H60O4/c1-8-28(25(2)3)12-9-26(4)32-15-16-33-31-14-13-29-24-30(19-21-38(29,5)34(31)20-22-39(32,33)6)43-37(41)18-11-27-10-17-35(40)36(23-27)42-7/h10-11,17-18,23,25-26,28-34,40H,8-9,12-16,19-22,24H2,1-7H3/t26-,28-,29?,30?,31?,32-,33?,34?,38+,39-/m1/s1. The van der Waals surface area contributed by atoms with E-state index in [-0.39, 0.29) is 17.8 Å². The maximum absolute atomic E-state index is 12.8. The average molecular weight is 593 g/mol. The molecule has 0 saturated heterocycles. The lowest BCUT2D eigenvalue weighted by molar-refractivity contribution is -0.157. The summed E-state index contributed by atoms with van der Waals surface area (Å²) in [6, 6.07) is 5.07. The number of phenols is 1. The molecule has 0 radical (unpaired) electrons. The number of methoxy groups -OCH3 is 1. The molecule has 0 amide bonds. The average Bonchev–Trinajstić information content (AvgIpc) is 3.34. The molecule has 240 valence electrons. The molecule has 10 atom stereocenters. The SMILES string of the molecule is CC[C@H](CC[C@@H](C)[C@H]1CCC2C3CCC4CC(OC(=O)C=Cc5ccc(O)c(OC)c5)CC[C@]4(C)C3CC[C@@]21C)C(C)C. The predicted octanol–water partition coefficient (Wildman–Crippen LogP) is 10.1. The highest BCUT2D eigenvalue weighted by atomic mass is 16.5. The van der Waals surface area contributed by atoms with Crippen molar-refractivity contribution in [3.63, 3.8) is 0 Å². The third kappa shape index (κ3) is 6.41. The van der Waals surface area contributed by atoms with Gasteiger partial charge in [-0.05, 0) is 146 Å². The fourth-order valence-corrected chi connectivity index (χ4v) is 11.2. The van der Waals surface area contributed by atoms with Crippen molar-refractivity contribution in [1.29, 1.82) is 0 Å². The largest absolute Gasteiger partial charge is 0.504 e. The number of carbonyl (C=O) groups excluding carboxylic acids is 1. The van der Waals surface area contributed by atoms with Crippen LogP contribution in [0.3, 0.4) is 0 Å². The van der Waals surface area contributed by atoms with Gasteiger partial charge in [-0.3, -0.25) is 0 Å². The Bertz CT molecular complexity index is 1140. The molecule has 0 aliphatic heterocycles. The topological polar surface area (TPSA) is 55.8 Å². The summed E-state index contributed by atoms with van der Waals surface area (Å²) in [6.45, 7) is 15.1. The molecule has 1 N–H and O–H groups in total. The molecule has 4 saturated carbocycles. The van der Waals surface area contributed by atoms with Crippen LogP contribution in [0.25, 0.3) is 6.08 Å². The van der Waals surface area contributed by atoms with E-state index in [1.54, 1.807) is 24.3 Å². The molecule has 5 rings (SSSR count). The van der Waals surface area contributed by atoms with E-state index < -0.39 is 0 Å². The number of ether oxygens (including phenoxy) is 2. The van der Waals surface area contributed by atoms with E-state index in [0.717, 1.165) is 59.8 Å². The van der Waals surface area contributed by atoms with E-state index in [9.17, 15) is 9.90 Å². The number of hydrogen-bond donors (Lipinski definition) is 1. The van der Waals surface area contributed by atoms with Gasteiger partial charge in [-0.2, -0.15) is 0 Å². The van der Waals surface area contributed by atoms with Crippen LogP contribution in [0.4, 0.5) is 0 Å². The van der Waals surface area contributed by atoms with Crippen LogP contribution in [0.5, 0.6) is 11.5 Å². The van der Waals surface area contributed by atoms with E-state index >= 15 is 0 Å². The lowest BCUT2D eigenvalue weighted by Crippen LogP contribution is -2.54. The molecule has 4 heteroatoms.